The van der Waals surface area contributed by atoms with E-state index < -0.39 is 5.91 Å². The van der Waals surface area contributed by atoms with Crippen molar-refractivity contribution in [2.75, 3.05) is 11.9 Å². The van der Waals surface area contributed by atoms with Crippen molar-refractivity contribution in [1.82, 2.24) is 9.78 Å². The first-order valence-electron chi connectivity index (χ1n) is 6.13. The van der Waals surface area contributed by atoms with E-state index in [4.69, 9.17) is 16.3 Å². The Hall–Kier alpha value is -2.21. The highest BCUT2D eigenvalue weighted by Crippen LogP contribution is 2.28. The number of ether oxygens (including phenoxy) is 1. The van der Waals surface area contributed by atoms with Gasteiger partial charge >= 0.3 is 0 Å². The number of hydrogen-bond acceptors (Lipinski definition) is 4. The number of fused-ring (bicyclic) bond motifs is 1. The van der Waals surface area contributed by atoms with E-state index in [-0.39, 0.29) is 11.4 Å². The normalized spacial score (nSPS) is 13.4. The number of anilines is 1. The fourth-order valence-corrected chi connectivity index (χ4v) is 2.19. The van der Waals surface area contributed by atoms with Crippen LogP contribution < -0.4 is 10.1 Å². The lowest BCUT2D eigenvalue weighted by Gasteiger charge is -2.16. The molecule has 0 bridgehead atoms. The van der Waals surface area contributed by atoms with Crippen molar-refractivity contribution in [2.24, 2.45) is 0 Å². The molecule has 1 aromatic carbocycles. The SMILES string of the molecule is O=C(Nc1cc(Cl)ccc1O)c1cnn2c1OCCC2. The molecule has 0 spiro atoms. The van der Waals surface area contributed by atoms with Crippen LogP contribution in [0.2, 0.25) is 5.02 Å². The molecular formula is C13H12ClN3O3. The third-order valence-corrected chi connectivity index (χ3v) is 3.23. The van der Waals surface area contributed by atoms with Gasteiger partial charge in [-0.25, -0.2) is 4.68 Å². The molecule has 0 aliphatic carbocycles. The number of amides is 1. The number of carbonyl (C=O) groups is 1. The van der Waals surface area contributed by atoms with Gasteiger partial charge in [-0.05, 0) is 18.2 Å². The van der Waals surface area contributed by atoms with Crippen molar-refractivity contribution in [3.63, 3.8) is 0 Å². The number of phenols is 1. The molecule has 0 saturated carbocycles. The number of aromatic nitrogens is 2. The minimum Gasteiger partial charge on any atom is -0.506 e. The number of nitrogens with one attached hydrogen (secondary N) is 1. The van der Waals surface area contributed by atoms with Gasteiger partial charge in [0.15, 0.2) is 0 Å². The van der Waals surface area contributed by atoms with Gasteiger partial charge in [0.2, 0.25) is 5.88 Å². The molecule has 0 atom stereocenters. The van der Waals surface area contributed by atoms with Crippen LogP contribution in [-0.2, 0) is 6.54 Å². The quantitative estimate of drug-likeness (QED) is 0.833. The van der Waals surface area contributed by atoms with Gasteiger partial charge in [-0.1, -0.05) is 11.6 Å². The summed E-state index contributed by atoms with van der Waals surface area (Å²) in [5.41, 5.74) is 0.585. The second kappa shape index (κ2) is 5.05. The zero-order chi connectivity index (χ0) is 14.1. The predicted molar refractivity (Wildman–Crippen MR) is 73.4 cm³/mol. The Morgan fingerprint density at radius 3 is 3.20 bits per heavy atom. The molecule has 1 aliphatic heterocycles. The zero-order valence-electron chi connectivity index (χ0n) is 10.5. The third-order valence-electron chi connectivity index (χ3n) is 3.00. The highest BCUT2D eigenvalue weighted by Gasteiger charge is 2.22. The van der Waals surface area contributed by atoms with Crippen LogP contribution in [0.5, 0.6) is 11.6 Å². The van der Waals surface area contributed by atoms with Gasteiger partial charge in [0.05, 0.1) is 18.5 Å². The topological polar surface area (TPSA) is 76.4 Å². The van der Waals surface area contributed by atoms with E-state index in [1.807, 2.05) is 0 Å². The van der Waals surface area contributed by atoms with Crippen molar-refractivity contribution in [3.8, 4) is 11.6 Å². The van der Waals surface area contributed by atoms with Crippen molar-refractivity contribution < 1.29 is 14.6 Å². The van der Waals surface area contributed by atoms with E-state index in [1.165, 1.54) is 24.4 Å². The monoisotopic (exact) mass is 293 g/mol. The van der Waals surface area contributed by atoms with Crippen LogP contribution in [0.4, 0.5) is 5.69 Å². The first kappa shape index (κ1) is 12.8. The number of nitrogens with zero attached hydrogens (tertiary/aromatic N) is 2. The summed E-state index contributed by atoms with van der Waals surface area (Å²) in [4.78, 5) is 12.2. The number of aromatic hydroxyl groups is 1. The number of phenolic OH excluding ortho intramolecular Hbond substituents is 1. The van der Waals surface area contributed by atoms with Gasteiger partial charge in [0.1, 0.15) is 11.3 Å². The molecule has 7 heteroatoms. The average molecular weight is 294 g/mol. The second-order valence-corrected chi connectivity index (χ2v) is 4.84. The lowest BCUT2D eigenvalue weighted by Crippen LogP contribution is -2.18. The second-order valence-electron chi connectivity index (χ2n) is 4.40. The summed E-state index contributed by atoms with van der Waals surface area (Å²) >= 11 is 5.84. The molecule has 2 N–H and O–H groups in total. The number of carbonyl (C=O) groups excluding carboxylic acids is 1. The summed E-state index contributed by atoms with van der Waals surface area (Å²) in [6.07, 6.45) is 2.32. The zero-order valence-corrected chi connectivity index (χ0v) is 11.2. The first-order chi connectivity index (χ1) is 9.65. The molecule has 0 unspecified atom stereocenters. The summed E-state index contributed by atoms with van der Waals surface area (Å²) < 4.78 is 7.11. The van der Waals surface area contributed by atoms with Crippen LogP contribution in [0.25, 0.3) is 0 Å². The predicted octanol–water partition coefficient (Wildman–Crippen LogP) is 2.28. The molecule has 20 heavy (non-hydrogen) atoms. The number of halogens is 1. The van der Waals surface area contributed by atoms with Gasteiger partial charge in [-0.15, -0.1) is 0 Å². The fourth-order valence-electron chi connectivity index (χ4n) is 2.02. The smallest absolute Gasteiger partial charge is 0.262 e. The van der Waals surface area contributed by atoms with Crippen molar-refractivity contribution in [1.29, 1.82) is 0 Å². The molecule has 3 rings (SSSR count). The van der Waals surface area contributed by atoms with Gasteiger partial charge in [-0.2, -0.15) is 5.10 Å². The Balaban J connectivity index is 1.86. The summed E-state index contributed by atoms with van der Waals surface area (Å²) in [7, 11) is 0. The summed E-state index contributed by atoms with van der Waals surface area (Å²) in [5, 5.41) is 16.8. The van der Waals surface area contributed by atoms with Crippen LogP contribution in [-0.4, -0.2) is 27.4 Å². The highest BCUT2D eigenvalue weighted by atomic mass is 35.5. The third kappa shape index (κ3) is 2.30. The van der Waals surface area contributed by atoms with E-state index in [9.17, 15) is 9.90 Å². The van der Waals surface area contributed by atoms with Crippen LogP contribution in [0.3, 0.4) is 0 Å². The van der Waals surface area contributed by atoms with Crippen LogP contribution >= 0.6 is 11.6 Å². The maximum absolute atomic E-state index is 12.2. The van der Waals surface area contributed by atoms with E-state index in [0.29, 0.717) is 23.1 Å². The van der Waals surface area contributed by atoms with E-state index in [1.54, 1.807) is 4.68 Å². The lowest BCUT2D eigenvalue weighted by molar-refractivity contribution is 0.102. The average Bonchev–Trinajstić information content (AvgIpc) is 2.87. The maximum Gasteiger partial charge on any atom is 0.262 e. The van der Waals surface area contributed by atoms with Gasteiger partial charge in [0, 0.05) is 18.0 Å². The van der Waals surface area contributed by atoms with Gasteiger partial charge in [-0.3, -0.25) is 4.79 Å². The van der Waals surface area contributed by atoms with Crippen molar-refractivity contribution in [2.45, 2.75) is 13.0 Å². The number of benzene rings is 1. The fraction of sp³-hybridized carbons (Fsp3) is 0.231. The van der Waals surface area contributed by atoms with Crippen molar-refractivity contribution in [3.05, 3.63) is 35.0 Å². The molecular weight excluding hydrogens is 282 g/mol. The largest absolute Gasteiger partial charge is 0.506 e. The molecule has 6 nitrogen and oxygen atoms in total. The van der Waals surface area contributed by atoms with E-state index >= 15 is 0 Å². The molecule has 1 aromatic heterocycles. The molecule has 2 aromatic rings. The Kier molecular flexibility index (Phi) is 3.23. The van der Waals surface area contributed by atoms with Crippen LogP contribution in [0.1, 0.15) is 16.8 Å². The minimum atomic E-state index is -0.397. The Morgan fingerprint density at radius 2 is 2.35 bits per heavy atom. The molecule has 0 saturated heterocycles. The molecule has 104 valence electrons. The number of hydrogen-bond donors (Lipinski definition) is 2. The van der Waals surface area contributed by atoms with Crippen LogP contribution in [0, 0.1) is 0 Å². The molecule has 1 amide bonds. The molecule has 0 radical (unpaired) electrons. The Morgan fingerprint density at radius 1 is 1.50 bits per heavy atom. The lowest BCUT2D eigenvalue weighted by atomic mass is 10.2. The van der Waals surface area contributed by atoms with Gasteiger partial charge in [0.25, 0.3) is 5.91 Å². The van der Waals surface area contributed by atoms with E-state index in [2.05, 4.69) is 10.4 Å². The van der Waals surface area contributed by atoms with E-state index in [0.717, 1.165) is 13.0 Å². The minimum absolute atomic E-state index is 0.0512. The molecule has 0 fully saturated rings. The van der Waals surface area contributed by atoms with Crippen LogP contribution in [0.15, 0.2) is 24.4 Å². The first-order valence-corrected chi connectivity index (χ1v) is 6.51. The summed E-state index contributed by atoms with van der Waals surface area (Å²) in [6, 6.07) is 4.44. The Labute approximate surface area is 119 Å². The van der Waals surface area contributed by atoms with Crippen molar-refractivity contribution >= 4 is 23.2 Å². The highest BCUT2D eigenvalue weighted by molar-refractivity contribution is 6.31. The molecule has 2 heterocycles. The number of aryl methyl sites for hydroxylation is 1. The maximum atomic E-state index is 12.2. The van der Waals surface area contributed by atoms with Gasteiger partial charge < -0.3 is 15.2 Å². The molecule has 1 aliphatic rings. The summed E-state index contributed by atoms with van der Waals surface area (Å²) in [6.45, 7) is 1.29. The Bertz CT molecular complexity index is 669. The number of rotatable bonds is 2. The standard InChI is InChI=1S/C13H12ClN3O3/c14-8-2-3-11(18)10(6-8)16-12(19)9-7-15-17-4-1-5-20-13(9)17/h2-3,6-7,18H,1,4-5H2,(H,16,19). The summed E-state index contributed by atoms with van der Waals surface area (Å²) in [5.74, 6) is 0.00527.